The molecule has 1 N–H and O–H groups in total. The van der Waals surface area contributed by atoms with E-state index < -0.39 is 15.8 Å². The van der Waals surface area contributed by atoms with Crippen LogP contribution in [0.1, 0.15) is 21.5 Å². The maximum atomic E-state index is 13.3. The smallest absolute Gasteiger partial charge is 0.346 e. The molecule has 0 aliphatic heterocycles. The van der Waals surface area contributed by atoms with Crippen molar-refractivity contribution in [1.29, 1.82) is 0 Å². The highest BCUT2D eigenvalue weighted by Crippen LogP contribution is 2.43. The van der Waals surface area contributed by atoms with E-state index in [0.29, 0.717) is 17.5 Å². The van der Waals surface area contributed by atoms with Crippen molar-refractivity contribution in [3.63, 3.8) is 0 Å². The van der Waals surface area contributed by atoms with Gasteiger partial charge < -0.3 is 5.11 Å². The molecule has 0 fully saturated rings. The van der Waals surface area contributed by atoms with Gasteiger partial charge >= 0.3 is 5.97 Å². The Morgan fingerprint density at radius 1 is 1.00 bits per heavy atom. The van der Waals surface area contributed by atoms with Crippen LogP contribution in [0, 0.1) is 5.82 Å². The van der Waals surface area contributed by atoms with Gasteiger partial charge in [-0.25, -0.2) is 17.6 Å². The summed E-state index contributed by atoms with van der Waals surface area (Å²) in [7, 11) is -3.35. The maximum Gasteiger partial charge on any atom is 0.346 e. The Hall–Kier alpha value is -2.51. The molecule has 4 nitrogen and oxygen atoms in total. The number of carboxylic acids is 1. The quantitative estimate of drug-likeness (QED) is 0.658. The van der Waals surface area contributed by atoms with Gasteiger partial charge in [-0.1, -0.05) is 31.2 Å². The number of aryl methyl sites for hydroxylation is 1. The summed E-state index contributed by atoms with van der Waals surface area (Å²) >= 11 is 1.19. The van der Waals surface area contributed by atoms with Crippen molar-refractivity contribution >= 4 is 27.1 Å². The fraction of sp³-hybridized carbons (Fsp3) is 0.150. The van der Waals surface area contributed by atoms with Crippen LogP contribution in [0.25, 0.3) is 22.3 Å². The Bertz CT molecular complexity index is 1100. The lowest BCUT2D eigenvalue weighted by atomic mass is 9.94. The molecule has 0 bridgehead atoms. The fourth-order valence-corrected chi connectivity index (χ4v) is 4.70. The Balaban J connectivity index is 2.28. The highest BCUT2D eigenvalue weighted by Gasteiger charge is 2.24. The van der Waals surface area contributed by atoms with Crippen molar-refractivity contribution in [3.05, 3.63) is 64.1 Å². The third kappa shape index (κ3) is 3.79. The van der Waals surface area contributed by atoms with Crippen molar-refractivity contribution in [1.82, 2.24) is 0 Å². The van der Waals surface area contributed by atoms with Gasteiger partial charge in [0, 0.05) is 22.3 Å². The molecule has 0 saturated heterocycles. The summed E-state index contributed by atoms with van der Waals surface area (Å²) in [4.78, 5) is 13.1. The molecule has 3 rings (SSSR count). The zero-order chi connectivity index (χ0) is 19.8. The molecule has 27 heavy (non-hydrogen) atoms. The molecule has 1 aromatic heterocycles. The molecular formula is C20H17FO4S2. The summed E-state index contributed by atoms with van der Waals surface area (Å²) in [5.41, 5.74) is 2.59. The number of rotatable bonds is 5. The molecule has 0 aliphatic rings. The molecule has 2 aromatic carbocycles. The van der Waals surface area contributed by atoms with E-state index in [1.165, 1.54) is 35.6 Å². The average Bonchev–Trinajstić information content (AvgIpc) is 3.01. The summed E-state index contributed by atoms with van der Waals surface area (Å²) in [6, 6.07) is 12.1. The van der Waals surface area contributed by atoms with E-state index in [0.717, 1.165) is 22.3 Å². The van der Waals surface area contributed by atoms with Gasteiger partial charge in [-0.05, 0) is 41.8 Å². The monoisotopic (exact) mass is 404 g/mol. The van der Waals surface area contributed by atoms with Crippen molar-refractivity contribution in [2.24, 2.45) is 0 Å². The second kappa shape index (κ2) is 7.25. The Labute approximate surface area is 160 Å². The lowest BCUT2D eigenvalue weighted by molar-refractivity contribution is 0.0703. The first kappa shape index (κ1) is 19.3. The predicted molar refractivity (Wildman–Crippen MR) is 105 cm³/mol. The van der Waals surface area contributed by atoms with Crippen LogP contribution >= 0.6 is 11.3 Å². The number of halogens is 1. The molecule has 140 valence electrons. The van der Waals surface area contributed by atoms with Crippen LogP contribution in [-0.4, -0.2) is 25.7 Å². The molecular weight excluding hydrogens is 387 g/mol. The van der Waals surface area contributed by atoms with Crippen LogP contribution in [0.2, 0.25) is 0 Å². The molecule has 1 heterocycles. The van der Waals surface area contributed by atoms with Gasteiger partial charge in [0.25, 0.3) is 0 Å². The lowest BCUT2D eigenvalue weighted by Gasteiger charge is -2.09. The SMILES string of the molecule is CCc1sc(C(=O)O)c(-c2ccc(S(C)(=O)=O)cc2)c1-c1ccc(F)cc1. The van der Waals surface area contributed by atoms with E-state index in [4.69, 9.17) is 0 Å². The van der Waals surface area contributed by atoms with Crippen LogP contribution < -0.4 is 0 Å². The Morgan fingerprint density at radius 2 is 1.52 bits per heavy atom. The number of hydrogen-bond acceptors (Lipinski definition) is 4. The van der Waals surface area contributed by atoms with Crippen molar-refractivity contribution in [3.8, 4) is 22.3 Å². The molecule has 0 amide bonds. The molecule has 0 spiro atoms. The minimum absolute atomic E-state index is 0.164. The Morgan fingerprint density at radius 3 is 2.00 bits per heavy atom. The van der Waals surface area contributed by atoms with Gasteiger partial charge in [0.15, 0.2) is 9.84 Å². The number of carbonyl (C=O) groups is 1. The predicted octanol–water partition coefficient (Wildman–Crippen LogP) is 4.89. The summed E-state index contributed by atoms with van der Waals surface area (Å²) < 4.78 is 36.7. The van der Waals surface area contributed by atoms with Crippen LogP contribution in [0.4, 0.5) is 4.39 Å². The first-order chi connectivity index (χ1) is 12.7. The zero-order valence-corrected chi connectivity index (χ0v) is 16.3. The first-order valence-electron chi connectivity index (χ1n) is 8.17. The fourth-order valence-electron chi connectivity index (χ4n) is 2.94. The van der Waals surface area contributed by atoms with Crippen molar-refractivity contribution in [2.75, 3.05) is 6.26 Å². The lowest BCUT2D eigenvalue weighted by Crippen LogP contribution is -1.98. The average molecular weight is 404 g/mol. The molecule has 0 unspecified atom stereocenters. The van der Waals surface area contributed by atoms with Crippen LogP contribution in [0.5, 0.6) is 0 Å². The maximum absolute atomic E-state index is 13.3. The van der Waals surface area contributed by atoms with Gasteiger partial charge in [-0.2, -0.15) is 0 Å². The van der Waals surface area contributed by atoms with Gasteiger partial charge in [-0.15, -0.1) is 11.3 Å². The van der Waals surface area contributed by atoms with Crippen LogP contribution in [-0.2, 0) is 16.3 Å². The van der Waals surface area contributed by atoms with E-state index in [2.05, 4.69) is 0 Å². The van der Waals surface area contributed by atoms with Crippen LogP contribution in [0.15, 0.2) is 53.4 Å². The van der Waals surface area contributed by atoms with E-state index >= 15 is 0 Å². The molecule has 0 saturated carbocycles. The number of sulfone groups is 1. The highest BCUT2D eigenvalue weighted by molar-refractivity contribution is 7.90. The van der Waals surface area contributed by atoms with Crippen molar-refractivity contribution < 1.29 is 22.7 Å². The third-order valence-electron chi connectivity index (χ3n) is 4.20. The summed E-state index contributed by atoms with van der Waals surface area (Å²) in [5.74, 6) is -1.42. The van der Waals surface area contributed by atoms with E-state index in [1.807, 2.05) is 6.92 Å². The van der Waals surface area contributed by atoms with Crippen molar-refractivity contribution in [2.45, 2.75) is 18.2 Å². The van der Waals surface area contributed by atoms with E-state index in [-0.39, 0.29) is 15.6 Å². The summed E-state index contributed by atoms with van der Waals surface area (Å²) in [6.45, 7) is 1.93. The van der Waals surface area contributed by atoms with Gasteiger partial charge in [0.05, 0.1) is 4.90 Å². The standard InChI is InChI=1S/C20H17FO4S2/c1-3-16-17(12-4-8-14(21)9-5-12)18(19(26-16)20(22)23)13-6-10-15(11-7-13)27(2,24)25/h4-11H,3H2,1-2H3,(H,22,23). The molecule has 0 radical (unpaired) electrons. The second-order valence-electron chi connectivity index (χ2n) is 6.07. The number of carboxylic acid groups (broad SMARTS) is 1. The number of benzene rings is 2. The third-order valence-corrected chi connectivity index (χ3v) is 6.65. The first-order valence-corrected chi connectivity index (χ1v) is 10.9. The van der Waals surface area contributed by atoms with Gasteiger partial charge in [0.1, 0.15) is 10.7 Å². The molecule has 3 aromatic rings. The van der Waals surface area contributed by atoms with E-state index in [9.17, 15) is 22.7 Å². The number of aromatic carboxylic acids is 1. The normalized spacial score (nSPS) is 11.5. The summed E-state index contributed by atoms with van der Waals surface area (Å²) in [5, 5.41) is 9.69. The summed E-state index contributed by atoms with van der Waals surface area (Å²) in [6.07, 6.45) is 1.74. The number of thiophene rings is 1. The largest absolute Gasteiger partial charge is 0.477 e. The van der Waals surface area contributed by atoms with Gasteiger partial charge in [-0.3, -0.25) is 0 Å². The highest BCUT2D eigenvalue weighted by atomic mass is 32.2. The molecule has 0 aliphatic carbocycles. The van der Waals surface area contributed by atoms with E-state index in [1.54, 1.807) is 24.3 Å². The minimum atomic E-state index is -3.35. The minimum Gasteiger partial charge on any atom is -0.477 e. The van der Waals surface area contributed by atoms with Crippen LogP contribution in [0.3, 0.4) is 0 Å². The van der Waals surface area contributed by atoms with Gasteiger partial charge in [0.2, 0.25) is 0 Å². The topological polar surface area (TPSA) is 71.4 Å². The number of hydrogen-bond donors (Lipinski definition) is 1. The Kier molecular flexibility index (Phi) is 5.17. The molecule has 7 heteroatoms. The zero-order valence-electron chi connectivity index (χ0n) is 14.7. The second-order valence-corrected chi connectivity index (χ2v) is 9.19. The molecule has 0 atom stereocenters.